The maximum Gasteiger partial charge on any atom is 0.283 e. The van der Waals surface area contributed by atoms with Gasteiger partial charge in [0.25, 0.3) is 11.8 Å². The first-order chi connectivity index (χ1) is 17.0. The van der Waals surface area contributed by atoms with Gasteiger partial charge in [0.2, 0.25) is 0 Å². The highest BCUT2D eigenvalue weighted by Gasteiger charge is 2.42. The predicted octanol–water partition coefficient (Wildman–Crippen LogP) is 5.03. The number of carbonyl (C=O) groups excluding carboxylic acids is 2. The van der Waals surface area contributed by atoms with Gasteiger partial charge in [0, 0.05) is 26.2 Å². The van der Waals surface area contributed by atoms with Crippen molar-refractivity contribution in [1.29, 1.82) is 0 Å². The Morgan fingerprint density at radius 1 is 0.743 bits per heavy atom. The first kappa shape index (κ1) is 23.3. The maximum absolute atomic E-state index is 13.5. The van der Waals surface area contributed by atoms with Crippen molar-refractivity contribution in [2.24, 2.45) is 0 Å². The molecule has 0 spiro atoms. The molecular weight excluding hydrogens is 458 g/mol. The second-order valence-electron chi connectivity index (χ2n) is 9.15. The van der Waals surface area contributed by atoms with E-state index < -0.39 is 5.91 Å². The van der Waals surface area contributed by atoms with Crippen LogP contribution in [0.1, 0.15) is 28.3 Å². The minimum absolute atomic E-state index is 0.00650. The van der Waals surface area contributed by atoms with Gasteiger partial charge in [0.15, 0.2) is 0 Å². The zero-order valence-corrected chi connectivity index (χ0v) is 20.7. The molecule has 2 aliphatic heterocycles. The zero-order chi connectivity index (χ0) is 24.5. The molecule has 35 heavy (non-hydrogen) atoms. The summed E-state index contributed by atoms with van der Waals surface area (Å²) in [5, 5.41) is 0.00650. The number of halogens is 1. The van der Waals surface area contributed by atoms with Gasteiger partial charge >= 0.3 is 0 Å². The van der Waals surface area contributed by atoms with Crippen LogP contribution in [0.25, 0.3) is 0 Å². The molecule has 2 amide bonds. The number of nitrogens with zero attached hydrogens (tertiary/aromatic N) is 3. The molecule has 0 unspecified atom stereocenters. The van der Waals surface area contributed by atoms with Crippen LogP contribution in [0.15, 0.2) is 89.6 Å². The van der Waals surface area contributed by atoms with E-state index in [4.69, 9.17) is 11.6 Å². The fourth-order valence-electron chi connectivity index (χ4n) is 5.03. The first-order valence-corrected chi connectivity index (χ1v) is 12.3. The highest BCUT2D eigenvalue weighted by atomic mass is 35.5. The minimum atomic E-state index is -0.450. The van der Waals surface area contributed by atoms with Crippen LogP contribution < -0.4 is 4.90 Å². The largest absolute Gasteiger partial charge is 0.363 e. The summed E-state index contributed by atoms with van der Waals surface area (Å²) in [6, 6.07) is 26.8. The van der Waals surface area contributed by atoms with E-state index in [1.54, 1.807) is 0 Å². The molecule has 0 N–H and O–H groups in total. The van der Waals surface area contributed by atoms with Gasteiger partial charge in [-0.05, 0) is 42.2 Å². The summed E-state index contributed by atoms with van der Waals surface area (Å²) >= 11 is 6.50. The lowest BCUT2D eigenvalue weighted by Gasteiger charge is -2.40. The molecule has 5 nitrogen and oxygen atoms in total. The quantitative estimate of drug-likeness (QED) is 0.475. The van der Waals surface area contributed by atoms with Crippen LogP contribution in [0.3, 0.4) is 0 Å². The molecule has 0 atom stereocenters. The lowest BCUT2D eigenvalue weighted by atomic mass is 9.96. The van der Waals surface area contributed by atoms with E-state index in [9.17, 15) is 9.59 Å². The monoisotopic (exact) mass is 485 g/mol. The molecular formula is C29H28ClN3O2. The Hall–Kier alpha value is -3.41. The van der Waals surface area contributed by atoms with Crippen LogP contribution in [0, 0.1) is 13.8 Å². The number of hydrogen-bond acceptors (Lipinski definition) is 4. The summed E-state index contributed by atoms with van der Waals surface area (Å²) in [5.74, 6) is -0.793. The molecule has 178 valence electrons. The zero-order valence-electron chi connectivity index (χ0n) is 19.9. The Labute approximate surface area is 211 Å². The van der Waals surface area contributed by atoms with Crippen LogP contribution in [-0.2, 0) is 9.59 Å². The summed E-state index contributed by atoms with van der Waals surface area (Å²) in [7, 11) is 0. The number of amides is 2. The standard InChI is InChI=1S/C29H28ClN3O2/c1-20-13-14-21(2)24(19-20)33-28(34)25(30)27(29(33)35)32-17-15-31(16-18-32)26(22-9-5-3-6-10-22)23-11-7-4-8-12-23/h3-14,19,26H,15-18H2,1-2H3. The minimum Gasteiger partial charge on any atom is -0.363 e. The summed E-state index contributed by atoms with van der Waals surface area (Å²) in [6.07, 6.45) is 0. The third kappa shape index (κ3) is 4.38. The van der Waals surface area contributed by atoms with Crippen LogP contribution in [0.5, 0.6) is 0 Å². The van der Waals surface area contributed by atoms with Gasteiger partial charge in [-0.15, -0.1) is 0 Å². The number of piperazine rings is 1. The molecule has 1 saturated heterocycles. The molecule has 1 fully saturated rings. The summed E-state index contributed by atoms with van der Waals surface area (Å²) in [6.45, 7) is 6.55. The van der Waals surface area contributed by atoms with Gasteiger partial charge in [-0.2, -0.15) is 0 Å². The Morgan fingerprint density at radius 2 is 1.31 bits per heavy atom. The van der Waals surface area contributed by atoms with E-state index in [0.29, 0.717) is 24.5 Å². The highest BCUT2D eigenvalue weighted by Crippen LogP contribution is 2.35. The van der Waals surface area contributed by atoms with Crippen LogP contribution in [-0.4, -0.2) is 47.8 Å². The van der Waals surface area contributed by atoms with Gasteiger partial charge in [-0.1, -0.05) is 84.4 Å². The van der Waals surface area contributed by atoms with Gasteiger partial charge in [-0.3, -0.25) is 14.5 Å². The molecule has 0 radical (unpaired) electrons. The average Bonchev–Trinajstić information content (AvgIpc) is 3.10. The molecule has 2 heterocycles. The van der Waals surface area contributed by atoms with Crippen molar-refractivity contribution in [3.8, 4) is 0 Å². The molecule has 0 saturated carbocycles. The number of hydrogen-bond donors (Lipinski definition) is 0. The van der Waals surface area contributed by atoms with Crippen molar-refractivity contribution < 1.29 is 9.59 Å². The van der Waals surface area contributed by atoms with Gasteiger partial charge in [-0.25, -0.2) is 4.90 Å². The smallest absolute Gasteiger partial charge is 0.283 e. The normalized spacial score (nSPS) is 17.1. The fraction of sp³-hybridized carbons (Fsp3) is 0.241. The van der Waals surface area contributed by atoms with E-state index >= 15 is 0 Å². The second kappa shape index (κ2) is 9.68. The third-order valence-electron chi connectivity index (χ3n) is 6.84. The third-order valence-corrected chi connectivity index (χ3v) is 7.18. The Balaban J connectivity index is 1.37. The van der Waals surface area contributed by atoms with Crippen molar-refractivity contribution in [3.63, 3.8) is 0 Å². The van der Waals surface area contributed by atoms with E-state index in [-0.39, 0.29) is 17.0 Å². The molecule has 0 aliphatic carbocycles. The molecule has 2 aliphatic rings. The van der Waals surface area contributed by atoms with Crippen LogP contribution in [0.4, 0.5) is 5.69 Å². The molecule has 0 aromatic heterocycles. The SMILES string of the molecule is Cc1ccc(C)c(N2C(=O)C(Cl)=C(N3CCN(C(c4ccccc4)c4ccccc4)CC3)C2=O)c1. The lowest BCUT2D eigenvalue weighted by molar-refractivity contribution is -0.121. The number of carbonyl (C=O) groups is 2. The van der Waals surface area contributed by atoms with Crippen molar-refractivity contribution in [1.82, 2.24) is 9.80 Å². The number of benzene rings is 3. The maximum atomic E-state index is 13.5. The molecule has 3 aromatic rings. The van der Waals surface area contributed by atoms with E-state index in [1.807, 2.05) is 49.1 Å². The number of imide groups is 1. The Kier molecular flexibility index (Phi) is 6.46. The first-order valence-electron chi connectivity index (χ1n) is 11.9. The topological polar surface area (TPSA) is 43.9 Å². The average molecular weight is 486 g/mol. The van der Waals surface area contributed by atoms with Crippen LogP contribution >= 0.6 is 11.6 Å². The van der Waals surface area contributed by atoms with E-state index in [0.717, 1.165) is 24.2 Å². The van der Waals surface area contributed by atoms with Crippen molar-refractivity contribution >= 4 is 29.1 Å². The predicted molar refractivity (Wildman–Crippen MR) is 139 cm³/mol. The molecule has 3 aromatic carbocycles. The molecule has 5 rings (SSSR count). The number of anilines is 1. The Morgan fingerprint density at radius 3 is 1.89 bits per heavy atom. The van der Waals surface area contributed by atoms with Gasteiger partial charge in [0.05, 0.1) is 11.7 Å². The highest BCUT2D eigenvalue weighted by molar-refractivity contribution is 6.52. The number of aryl methyl sites for hydroxylation is 2. The van der Waals surface area contributed by atoms with E-state index in [1.165, 1.54) is 16.0 Å². The summed E-state index contributed by atoms with van der Waals surface area (Å²) < 4.78 is 0. The summed E-state index contributed by atoms with van der Waals surface area (Å²) in [5.41, 5.74) is 5.22. The van der Waals surface area contributed by atoms with Crippen molar-refractivity contribution in [2.75, 3.05) is 31.1 Å². The van der Waals surface area contributed by atoms with Gasteiger partial charge < -0.3 is 4.90 Å². The lowest BCUT2D eigenvalue weighted by Crippen LogP contribution is -2.48. The molecule has 6 heteroatoms. The van der Waals surface area contributed by atoms with E-state index in [2.05, 4.69) is 53.4 Å². The van der Waals surface area contributed by atoms with Crippen molar-refractivity contribution in [3.05, 3.63) is 112 Å². The van der Waals surface area contributed by atoms with Crippen molar-refractivity contribution in [2.45, 2.75) is 19.9 Å². The summed E-state index contributed by atoms with van der Waals surface area (Å²) in [4.78, 5) is 32.1. The van der Waals surface area contributed by atoms with Gasteiger partial charge in [0.1, 0.15) is 10.7 Å². The van der Waals surface area contributed by atoms with Crippen LogP contribution in [0.2, 0.25) is 0 Å². The molecule has 0 bridgehead atoms. The Bertz CT molecular complexity index is 1240. The second-order valence-corrected chi connectivity index (χ2v) is 9.52. The number of rotatable bonds is 5. The fourth-order valence-corrected chi connectivity index (χ4v) is 5.32.